The molecule has 0 aliphatic carbocycles. The predicted octanol–water partition coefficient (Wildman–Crippen LogP) is 0.802. The molecule has 0 aliphatic heterocycles. The standard InChI is InChI=1S/C12H19N5/c1-9(2)11(5-13)15-6-10-7-16-17-4-3-14-8-12(10)17/h3-4,7-9,11,15H,5-6,13H2,1-2H3. The van der Waals surface area contributed by atoms with Crippen molar-refractivity contribution in [1.82, 2.24) is 19.9 Å². The van der Waals surface area contributed by atoms with Gasteiger partial charge in [0.05, 0.1) is 17.9 Å². The molecule has 0 spiro atoms. The monoisotopic (exact) mass is 233 g/mol. The van der Waals surface area contributed by atoms with Crippen LogP contribution in [0.2, 0.25) is 0 Å². The minimum absolute atomic E-state index is 0.335. The Balaban J connectivity index is 2.08. The van der Waals surface area contributed by atoms with Gasteiger partial charge in [-0.25, -0.2) is 4.52 Å². The Hall–Kier alpha value is -1.46. The number of nitrogens with two attached hydrogens (primary N) is 1. The van der Waals surface area contributed by atoms with Crippen molar-refractivity contribution in [3.05, 3.63) is 30.4 Å². The topological polar surface area (TPSA) is 68.2 Å². The minimum atomic E-state index is 0.335. The fourth-order valence-corrected chi connectivity index (χ4v) is 1.85. The Morgan fingerprint density at radius 1 is 1.41 bits per heavy atom. The molecule has 2 aromatic heterocycles. The number of aromatic nitrogens is 3. The zero-order valence-electron chi connectivity index (χ0n) is 10.3. The maximum atomic E-state index is 5.73. The summed E-state index contributed by atoms with van der Waals surface area (Å²) >= 11 is 0. The molecule has 1 atom stereocenters. The predicted molar refractivity (Wildman–Crippen MR) is 67.5 cm³/mol. The lowest BCUT2D eigenvalue weighted by Gasteiger charge is -2.20. The lowest BCUT2D eigenvalue weighted by atomic mass is 10.0. The number of hydrogen-bond acceptors (Lipinski definition) is 4. The number of nitrogens with one attached hydrogen (secondary N) is 1. The van der Waals surface area contributed by atoms with Crippen LogP contribution in [-0.4, -0.2) is 27.2 Å². The molecule has 1 unspecified atom stereocenters. The number of rotatable bonds is 5. The molecule has 5 nitrogen and oxygen atoms in total. The van der Waals surface area contributed by atoms with Crippen LogP contribution in [-0.2, 0) is 6.54 Å². The van der Waals surface area contributed by atoms with Crippen LogP contribution in [0.25, 0.3) is 5.52 Å². The fourth-order valence-electron chi connectivity index (χ4n) is 1.85. The van der Waals surface area contributed by atoms with Crippen molar-refractivity contribution in [3.63, 3.8) is 0 Å². The SMILES string of the molecule is CC(C)C(CN)NCc1cnn2ccncc12. The molecule has 2 rings (SSSR count). The highest BCUT2D eigenvalue weighted by atomic mass is 15.2. The maximum Gasteiger partial charge on any atom is 0.0889 e. The second-order valence-corrected chi connectivity index (χ2v) is 4.54. The van der Waals surface area contributed by atoms with E-state index in [0.29, 0.717) is 18.5 Å². The van der Waals surface area contributed by atoms with Crippen LogP contribution < -0.4 is 11.1 Å². The summed E-state index contributed by atoms with van der Waals surface area (Å²) in [6.07, 6.45) is 7.28. The quantitative estimate of drug-likeness (QED) is 0.801. The van der Waals surface area contributed by atoms with Gasteiger partial charge in [0.25, 0.3) is 0 Å². The van der Waals surface area contributed by atoms with E-state index in [1.165, 1.54) is 0 Å². The molecule has 0 radical (unpaired) electrons. The molecule has 5 heteroatoms. The van der Waals surface area contributed by atoms with Crippen molar-refractivity contribution < 1.29 is 0 Å². The van der Waals surface area contributed by atoms with E-state index in [-0.39, 0.29) is 0 Å². The van der Waals surface area contributed by atoms with Gasteiger partial charge in [0.2, 0.25) is 0 Å². The van der Waals surface area contributed by atoms with Gasteiger partial charge in [-0.3, -0.25) is 4.98 Å². The highest BCUT2D eigenvalue weighted by Gasteiger charge is 2.11. The van der Waals surface area contributed by atoms with E-state index in [1.54, 1.807) is 6.20 Å². The van der Waals surface area contributed by atoms with Crippen molar-refractivity contribution in [2.75, 3.05) is 6.54 Å². The Morgan fingerprint density at radius 3 is 2.94 bits per heavy atom. The van der Waals surface area contributed by atoms with Gasteiger partial charge in [-0.1, -0.05) is 13.8 Å². The van der Waals surface area contributed by atoms with E-state index >= 15 is 0 Å². The van der Waals surface area contributed by atoms with Crippen LogP contribution in [0.5, 0.6) is 0 Å². The molecule has 17 heavy (non-hydrogen) atoms. The molecule has 0 saturated carbocycles. The van der Waals surface area contributed by atoms with Crippen LogP contribution in [0, 0.1) is 5.92 Å². The summed E-state index contributed by atoms with van der Waals surface area (Å²) in [7, 11) is 0. The zero-order valence-corrected chi connectivity index (χ0v) is 10.3. The summed E-state index contributed by atoms with van der Waals surface area (Å²) in [5, 5.41) is 7.73. The minimum Gasteiger partial charge on any atom is -0.329 e. The first-order valence-corrected chi connectivity index (χ1v) is 5.92. The van der Waals surface area contributed by atoms with Crippen LogP contribution in [0.3, 0.4) is 0 Å². The largest absolute Gasteiger partial charge is 0.329 e. The average molecular weight is 233 g/mol. The van der Waals surface area contributed by atoms with E-state index < -0.39 is 0 Å². The number of fused-ring (bicyclic) bond motifs is 1. The van der Waals surface area contributed by atoms with Gasteiger partial charge >= 0.3 is 0 Å². The first-order chi connectivity index (χ1) is 8.22. The lowest BCUT2D eigenvalue weighted by Crippen LogP contribution is -2.39. The second-order valence-electron chi connectivity index (χ2n) is 4.54. The van der Waals surface area contributed by atoms with Gasteiger partial charge in [0.15, 0.2) is 0 Å². The molecule has 0 aromatic carbocycles. The Kier molecular flexibility index (Phi) is 3.71. The molecule has 2 heterocycles. The van der Waals surface area contributed by atoms with Gasteiger partial charge in [0, 0.05) is 37.1 Å². The summed E-state index contributed by atoms with van der Waals surface area (Å²) in [5.74, 6) is 0.528. The molecule has 0 amide bonds. The summed E-state index contributed by atoms with van der Waals surface area (Å²) in [5.41, 5.74) is 7.92. The van der Waals surface area contributed by atoms with Crippen molar-refractivity contribution in [1.29, 1.82) is 0 Å². The molecule has 0 aliphatic rings. The molecular formula is C12H19N5. The van der Waals surface area contributed by atoms with Crippen molar-refractivity contribution >= 4 is 5.52 Å². The highest BCUT2D eigenvalue weighted by Crippen LogP contribution is 2.09. The smallest absolute Gasteiger partial charge is 0.0889 e. The van der Waals surface area contributed by atoms with Gasteiger partial charge in [-0.05, 0) is 5.92 Å². The molecule has 0 bridgehead atoms. The van der Waals surface area contributed by atoms with E-state index in [0.717, 1.165) is 17.6 Å². The average Bonchev–Trinajstić information content (AvgIpc) is 2.73. The van der Waals surface area contributed by atoms with Crippen LogP contribution >= 0.6 is 0 Å². The molecular weight excluding hydrogens is 214 g/mol. The maximum absolute atomic E-state index is 5.73. The molecule has 0 fully saturated rings. The molecule has 0 saturated heterocycles. The third-order valence-corrected chi connectivity index (χ3v) is 3.02. The van der Waals surface area contributed by atoms with Crippen LogP contribution in [0.15, 0.2) is 24.8 Å². The Labute approximate surface area is 101 Å². The van der Waals surface area contributed by atoms with Gasteiger partial charge in [0.1, 0.15) is 0 Å². The first-order valence-electron chi connectivity index (χ1n) is 5.92. The normalized spacial score (nSPS) is 13.4. The van der Waals surface area contributed by atoms with E-state index in [1.807, 2.05) is 23.1 Å². The molecule has 3 N–H and O–H groups in total. The van der Waals surface area contributed by atoms with Crippen molar-refractivity contribution in [2.24, 2.45) is 11.7 Å². The number of nitrogens with zero attached hydrogens (tertiary/aromatic N) is 3. The van der Waals surface area contributed by atoms with Crippen LogP contribution in [0.4, 0.5) is 0 Å². The van der Waals surface area contributed by atoms with Gasteiger partial charge < -0.3 is 11.1 Å². The van der Waals surface area contributed by atoms with E-state index in [9.17, 15) is 0 Å². The zero-order chi connectivity index (χ0) is 12.3. The highest BCUT2D eigenvalue weighted by molar-refractivity contribution is 5.51. The summed E-state index contributed by atoms with van der Waals surface area (Å²) in [4.78, 5) is 4.11. The van der Waals surface area contributed by atoms with Crippen LogP contribution in [0.1, 0.15) is 19.4 Å². The summed E-state index contributed by atoms with van der Waals surface area (Å²) < 4.78 is 1.83. The first kappa shape index (κ1) is 12.0. The Morgan fingerprint density at radius 2 is 2.24 bits per heavy atom. The third kappa shape index (κ3) is 2.62. The van der Waals surface area contributed by atoms with Gasteiger partial charge in [-0.2, -0.15) is 5.10 Å². The molecule has 2 aromatic rings. The van der Waals surface area contributed by atoms with Gasteiger partial charge in [-0.15, -0.1) is 0 Å². The number of hydrogen-bond donors (Lipinski definition) is 2. The summed E-state index contributed by atoms with van der Waals surface area (Å²) in [6, 6.07) is 0.335. The van der Waals surface area contributed by atoms with E-state index in [2.05, 4.69) is 29.2 Å². The summed E-state index contributed by atoms with van der Waals surface area (Å²) in [6.45, 7) is 5.76. The molecule has 92 valence electrons. The van der Waals surface area contributed by atoms with Crippen molar-refractivity contribution in [2.45, 2.75) is 26.4 Å². The fraction of sp³-hybridized carbons (Fsp3) is 0.500. The van der Waals surface area contributed by atoms with Crippen molar-refractivity contribution in [3.8, 4) is 0 Å². The lowest BCUT2D eigenvalue weighted by molar-refractivity contribution is 0.405. The second kappa shape index (κ2) is 5.25. The Bertz CT molecular complexity index is 476. The van der Waals surface area contributed by atoms with E-state index in [4.69, 9.17) is 5.73 Å². The third-order valence-electron chi connectivity index (χ3n) is 3.02.